The number of nitrogens with one attached hydrogen (secondary N) is 1. The number of benzene rings is 3. The van der Waals surface area contributed by atoms with Crippen molar-refractivity contribution >= 4 is 46.6 Å². The largest absolute Gasteiger partial charge is 0.356 e. The van der Waals surface area contributed by atoms with Gasteiger partial charge in [0.25, 0.3) is 5.91 Å². The Kier molecular flexibility index (Phi) is 8.47. The number of anilines is 2. The number of piperidine rings is 1. The highest BCUT2D eigenvalue weighted by Crippen LogP contribution is 2.38. The van der Waals surface area contributed by atoms with Crippen molar-refractivity contribution in [3.05, 3.63) is 113 Å². The number of hydrogen-bond donors (Lipinski definition) is 1. The molecular formula is C31H28ClFN4O2S. The number of rotatable bonds is 8. The maximum Gasteiger partial charge on any atom is 0.255 e. The second-order valence-corrected chi connectivity index (χ2v) is 11.1. The topological polar surface area (TPSA) is 75.2 Å². The average molecular weight is 575 g/mol. The van der Waals surface area contributed by atoms with Crippen LogP contribution in [0.2, 0.25) is 5.15 Å². The molecule has 1 aliphatic rings. The lowest BCUT2D eigenvalue weighted by molar-refractivity contribution is -0.123. The number of thioether (sulfide) groups is 1. The minimum atomic E-state index is -0.490. The Bertz CT molecular complexity index is 1530. The van der Waals surface area contributed by atoms with Crippen LogP contribution in [0.25, 0.3) is 0 Å². The molecule has 40 heavy (non-hydrogen) atoms. The number of hydrogen-bond acceptors (Lipinski definition) is 6. The van der Waals surface area contributed by atoms with Gasteiger partial charge >= 0.3 is 0 Å². The van der Waals surface area contributed by atoms with E-state index in [4.69, 9.17) is 16.6 Å². The molecule has 0 atom stereocenters. The van der Waals surface area contributed by atoms with Gasteiger partial charge in [-0.05, 0) is 55.2 Å². The van der Waals surface area contributed by atoms with E-state index in [1.54, 1.807) is 43.3 Å². The fourth-order valence-corrected chi connectivity index (χ4v) is 6.06. The van der Waals surface area contributed by atoms with Crippen molar-refractivity contribution in [3.63, 3.8) is 0 Å². The zero-order valence-electron chi connectivity index (χ0n) is 21.9. The fraction of sp³-hybridized carbons (Fsp3) is 0.226. The summed E-state index contributed by atoms with van der Waals surface area (Å²) in [7, 11) is 0. The van der Waals surface area contributed by atoms with Gasteiger partial charge in [0.1, 0.15) is 22.6 Å². The first kappa shape index (κ1) is 27.8. The highest BCUT2D eigenvalue weighted by Gasteiger charge is 2.40. The van der Waals surface area contributed by atoms with Crippen LogP contribution < -0.4 is 10.2 Å². The van der Waals surface area contributed by atoms with Crippen molar-refractivity contribution in [3.8, 4) is 0 Å². The van der Waals surface area contributed by atoms with Crippen LogP contribution in [0, 0.1) is 5.82 Å². The van der Waals surface area contributed by atoms with E-state index in [-0.39, 0.29) is 17.4 Å². The second-order valence-electron chi connectivity index (χ2n) is 9.75. The number of nitrogens with zero attached hydrogens (tertiary/aromatic N) is 3. The third-order valence-corrected chi connectivity index (χ3v) is 8.39. The maximum atomic E-state index is 13.9. The molecule has 1 N–H and O–H groups in total. The lowest BCUT2D eigenvalue weighted by Crippen LogP contribution is -2.47. The van der Waals surface area contributed by atoms with Gasteiger partial charge in [0.05, 0.1) is 11.1 Å². The first-order valence-corrected chi connectivity index (χ1v) is 14.3. The number of amides is 1. The van der Waals surface area contributed by atoms with E-state index in [1.165, 1.54) is 23.9 Å². The number of carbonyl (C=O) groups excluding carboxylic acids is 2. The molecule has 1 aliphatic heterocycles. The summed E-state index contributed by atoms with van der Waals surface area (Å²) in [6.45, 7) is 3.02. The van der Waals surface area contributed by atoms with Crippen LogP contribution in [0.15, 0.2) is 90.1 Å². The number of ketones is 1. The van der Waals surface area contributed by atoms with Gasteiger partial charge in [-0.1, -0.05) is 78.0 Å². The minimum absolute atomic E-state index is 0.133. The van der Waals surface area contributed by atoms with Gasteiger partial charge in [0, 0.05) is 30.5 Å². The van der Waals surface area contributed by atoms with Crippen molar-refractivity contribution < 1.29 is 14.0 Å². The molecule has 1 saturated heterocycles. The molecule has 0 unspecified atom stereocenters. The van der Waals surface area contributed by atoms with E-state index < -0.39 is 11.2 Å². The van der Waals surface area contributed by atoms with Gasteiger partial charge in [-0.2, -0.15) is 0 Å². The zero-order chi connectivity index (χ0) is 28.1. The molecule has 5 rings (SSSR count). The van der Waals surface area contributed by atoms with Crippen molar-refractivity contribution in [1.82, 2.24) is 9.97 Å². The molecule has 0 radical (unpaired) electrons. The Morgan fingerprint density at radius 3 is 2.42 bits per heavy atom. The van der Waals surface area contributed by atoms with E-state index in [2.05, 4.69) is 15.2 Å². The van der Waals surface area contributed by atoms with Crippen LogP contribution in [0.3, 0.4) is 0 Å². The monoisotopic (exact) mass is 574 g/mol. The van der Waals surface area contributed by atoms with E-state index in [0.29, 0.717) is 47.6 Å². The summed E-state index contributed by atoms with van der Waals surface area (Å²) >= 11 is 7.80. The summed E-state index contributed by atoms with van der Waals surface area (Å²) in [5, 5.41) is 3.48. The van der Waals surface area contributed by atoms with Crippen LogP contribution in [-0.4, -0.2) is 34.7 Å². The first-order valence-electron chi connectivity index (χ1n) is 13.0. The van der Waals surface area contributed by atoms with Crippen LogP contribution >= 0.6 is 23.4 Å². The van der Waals surface area contributed by atoms with E-state index in [9.17, 15) is 14.0 Å². The minimum Gasteiger partial charge on any atom is -0.356 e. The molecule has 1 fully saturated rings. The third kappa shape index (κ3) is 6.18. The van der Waals surface area contributed by atoms with Gasteiger partial charge < -0.3 is 10.2 Å². The standard InChI is InChI=1S/C31H28ClFN4O2S/c1-21(38)31(24-10-3-2-4-11-24)14-16-37(17-15-31)28-19-27(32)35-30(36-28)40-20-22-8-7-9-23(18-22)29(39)34-26-13-6-5-12-25(26)33/h2-13,18-19H,14-17,20H2,1H3,(H,34,39). The van der Waals surface area contributed by atoms with Crippen molar-refractivity contribution in [2.24, 2.45) is 0 Å². The molecule has 4 aromatic rings. The Balaban J connectivity index is 1.25. The summed E-state index contributed by atoms with van der Waals surface area (Å²) in [5.41, 5.74) is 2.02. The van der Waals surface area contributed by atoms with Gasteiger partial charge in [0.15, 0.2) is 5.16 Å². The van der Waals surface area contributed by atoms with E-state index >= 15 is 0 Å². The summed E-state index contributed by atoms with van der Waals surface area (Å²) in [5.74, 6) is 0.547. The number of para-hydroxylation sites is 1. The number of aromatic nitrogens is 2. The lowest BCUT2D eigenvalue weighted by Gasteiger charge is -2.41. The Hall–Kier alpha value is -3.75. The molecule has 0 bridgehead atoms. The highest BCUT2D eigenvalue weighted by atomic mass is 35.5. The summed E-state index contributed by atoms with van der Waals surface area (Å²) in [6, 6.07) is 24.9. The Morgan fingerprint density at radius 1 is 0.975 bits per heavy atom. The van der Waals surface area contributed by atoms with E-state index in [0.717, 1.165) is 16.9 Å². The molecule has 0 saturated carbocycles. The number of carbonyl (C=O) groups is 2. The number of Topliss-reactive ketones (excluding diaryl/α,β-unsaturated/α-hetero) is 1. The quantitative estimate of drug-likeness (QED) is 0.140. The normalized spacial score (nSPS) is 14.5. The fourth-order valence-electron chi connectivity index (χ4n) is 5.04. The summed E-state index contributed by atoms with van der Waals surface area (Å²) < 4.78 is 13.9. The van der Waals surface area contributed by atoms with Crippen molar-refractivity contribution in [2.45, 2.75) is 36.1 Å². The van der Waals surface area contributed by atoms with Crippen LogP contribution in [-0.2, 0) is 16.0 Å². The Labute approximate surface area is 242 Å². The van der Waals surface area contributed by atoms with Gasteiger partial charge in [0.2, 0.25) is 0 Å². The van der Waals surface area contributed by atoms with Gasteiger partial charge in [-0.3, -0.25) is 9.59 Å². The van der Waals surface area contributed by atoms with Crippen molar-refractivity contribution in [2.75, 3.05) is 23.3 Å². The molecule has 1 amide bonds. The smallest absolute Gasteiger partial charge is 0.255 e. The summed E-state index contributed by atoms with van der Waals surface area (Å²) in [4.78, 5) is 36.7. The molecule has 204 valence electrons. The van der Waals surface area contributed by atoms with Gasteiger partial charge in [-0.25, -0.2) is 14.4 Å². The van der Waals surface area contributed by atoms with Crippen LogP contribution in [0.4, 0.5) is 15.9 Å². The average Bonchev–Trinajstić information content (AvgIpc) is 2.97. The third-order valence-electron chi connectivity index (χ3n) is 7.28. The molecule has 2 heterocycles. The molecule has 1 aromatic heterocycles. The summed E-state index contributed by atoms with van der Waals surface area (Å²) in [6.07, 6.45) is 1.39. The van der Waals surface area contributed by atoms with Crippen LogP contribution in [0.5, 0.6) is 0 Å². The van der Waals surface area contributed by atoms with Gasteiger partial charge in [-0.15, -0.1) is 0 Å². The number of halogens is 2. The first-order chi connectivity index (χ1) is 19.3. The van der Waals surface area contributed by atoms with Crippen LogP contribution in [0.1, 0.15) is 41.3 Å². The van der Waals surface area contributed by atoms with Crippen molar-refractivity contribution in [1.29, 1.82) is 0 Å². The highest BCUT2D eigenvalue weighted by molar-refractivity contribution is 7.98. The molecule has 0 spiro atoms. The van der Waals surface area contributed by atoms with E-state index in [1.807, 2.05) is 36.4 Å². The molecule has 0 aliphatic carbocycles. The zero-order valence-corrected chi connectivity index (χ0v) is 23.5. The Morgan fingerprint density at radius 2 is 1.70 bits per heavy atom. The predicted molar refractivity (Wildman–Crippen MR) is 158 cm³/mol. The second kappa shape index (κ2) is 12.2. The maximum absolute atomic E-state index is 13.9. The molecule has 9 heteroatoms. The molecular weight excluding hydrogens is 547 g/mol. The lowest BCUT2D eigenvalue weighted by atomic mass is 9.70. The molecule has 6 nitrogen and oxygen atoms in total. The molecule has 3 aromatic carbocycles. The predicted octanol–water partition coefficient (Wildman–Crippen LogP) is 6.94. The SMILES string of the molecule is CC(=O)C1(c2ccccc2)CCN(c2cc(Cl)nc(SCc3cccc(C(=O)Nc4ccccc4F)c3)n2)CC1.